The SMILES string of the molecule is CO[C@@]1(CN2CCCN(C(=O)CCS(=O)(=O)c3ccccc3)CCNCC2)/C=C/C[C@H](C)[C@@H](C)S(=O)(=O)NC(=O)c2ccc3c(c2)N(C[C@@H]2CC[C@H]21)C[C@@]1(CCCc2cc(Cl)ccc21)CO3. The van der Waals surface area contributed by atoms with Gasteiger partial charge in [-0.15, -0.1) is 0 Å². The van der Waals surface area contributed by atoms with Crippen LogP contribution in [0.4, 0.5) is 5.69 Å². The van der Waals surface area contributed by atoms with E-state index in [1.807, 2.05) is 19.1 Å². The molecular formula is C50H66ClN5O8S2. The average Bonchev–Trinajstić information content (AvgIpc) is 3.44. The second kappa shape index (κ2) is 20.3. The number of ether oxygens (including phenoxy) is 2. The standard InChI is InChI=1S/C50H66ClN5O8S2/c1-36-10-7-22-50(63-3,34-54-25-9-26-55(28-24-52-23-27-54)47(57)20-29-65(59,60)42-12-5-4-6-13-42)44-17-14-40(44)32-56-33-49(21-8-11-38-30-41(51)16-18-43(38)49)35-64-46-19-15-39(31-45(46)56)48(58)53-66(61,62)37(36)2/h4-7,12-13,15-16,18-19,22,30-31,36-37,40,44,52H,8-11,14,17,20-21,23-29,32-35H2,1-3H3,(H,53,58)/b22-7+/t36-,37+,40-,44+,49-,50+/m0/s1. The Bertz CT molecular complexity index is 2490. The van der Waals surface area contributed by atoms with Crippen LogP contribution in [0.5, 0.6) is 5.75 Å². The van der Waals surface area contributed by atoms with Crippen molar-refractivity contribution >= 4 is 49.0 Å². The number of fused-ring (bicyclic) bond motifs is 4. The summed E-state index contributed by atoms with van der Waals surface area (Å²) < 4.78 is 69.5. The predicted octanol–water partition coefficient (Wildman–Crippen LogP) is 6.26. The summed E-state index contributed by atoms with van der Waals surface area (Å²) in [4.78, 5) is 34.1. The molecule has 2 aliphatic carbocycles. The molecule has 2 N–H and O–H groups in total. The third-order valence-electron chi connectivity index (χ3n) is 15.2. The summed E-state index contributed by atoms with van der Waals surface area (Å²) in [5, 5.41) is 3.37. The van der Waals surface area contributed by atoms with E-state index in [0.29, 0.717) is 82.6 Å². The number of hydrogen-bond donors (Lipinski definition) is 2. The van der Waals surface area contributed by atoms with E-state index in [9.17, 15) is 26.4 Å². The number of methoxy groups -OCH3 is 1. The molecule has 2 fully saturated rings. The van der Waals surface area contributed by atoms with Crippen LogP contribution in [0.25, 0.3) is 0 Å². The van der Waals surface area contributed by atoms with Crippen LogP contribution < -0.4 is 19.7 Å². The summed E-state index contributed by atoms with van der Waals surface area (Å²) in [5.41, 5.74) is 2.44. The molecule has 1 spiro atoms. The van der Waals surface area contributed by atoms with E-state index in [1.165, 1.54) is 11.1 Å². The Morgan fingerprint density at radius 2 is 1.79 bits per heavy atom. The highest BCUT2D eigenvalue weighted by molar-refractivity contribution is 7.91. The number of allylic oxidation sites excluding steroid dienone is 1. The first-order chi connectivity index (χ1) is 31.6. The van der Waals surface area contributed by atoms with Crippen molar-refractivity contribution in [2.75, 3.05) is 83.3 Å². The van der Waals surface area contributed by atoms with Crippen molar-refractivity contribution in [2.45, 2.75) is 86.4 Å². The second-order valence-corrected chi connectivity index (χ2v) is 23.9. The number of sulfonamides is 1. The number of rotatable bonds is 7. The molecule has 1 saturated carbocycles. The van der Waals surface area contributed by atoms with Gasteiger partial charge in [-0.25, -0.2) is 21.6 Å². The third kappa shape index (κ3) is 10.5. The fourth-order valence-electron chi connectivity index (χ4n) is 11.0. The Balaban J connectivity index is 1.08. The Kier molecular flexibility index (Phi) is 14.9. The van der Waals surface area contributed by atoms with E-state index in [1.54, 1.807) is 61.4 Å². The molecule has 8 rings (SSSR count). The van der Waals surface area contributed by atoms with Gasteiger partial charge in [0.15, 0.2) is 9.84 Å². The zero-order chi connectivity index (χ0) is 46.7. The number of hydrogen-bond acceptors (Lipinski definition) is 11. The van der Waals surface area contributed by atoms with Crippen molar-refractivity contribution in [1.29, 1.82) is 0 Å². The second-order valence-electron chi connectivity index (χ2n) is 19.3. The first-order valence-electron chi connectivity index (χ1n) is 23.7. The molecule has 3 heterocycles. The fraction of sp³-hybridized carbons (Fsp3) is 0.560. The Morgan fingerprint density at radius 1 is 0.985 bits per heavy atom. The van der Waals surface area contributed by atoms with E-state index in [0.717, 1.165) is 44.3 Å². The van der Waals surface area contributed by atoms with Crippen LogP contribution in [0.15, 0.2) is 83.8 Å². The van der Waals surface area contributed by atoms with Crippen molar-refractivity contribution in [3.8, 4) is 5.75 Å². The third-order valence-corrected chi connectivity index (χ3v) is 19.1. The van der Waals surface area contributed by atoms with Gasteiger partial charge in [0.2, 0.25) is 15.9 Å². The van der Waals surface area contributed by atoms with E-state index < -0.39 is 36.6 Å². The molecule has 5 aliphatic rings. The Labute approximate surface area is 396 Å². The zero-order valence-electron chi connectivity index (χ0n) is 38.6. The molecule has 3 aromatic carbocycles. The number of nitrogens with zero attached hydrogens (tertiary/aromatic N) is 3. The summed E-state index contributed by atoms with van der Waals surface area (Å²) in [5.74, 6) is -0.389. The fourth-order valence-corrected chi connectivity index (χ4v) is 13.7. The number of sulfone groups is 1. The lowest BCUT2D eigenvalue weighted by molar-refractivity contribution is -0.131. The zero-order valence-corrected chi connectivity index (χ0v) is 40.9. The Morgan fingerprint density at radius 3 is 2.56 bits per heavy atom. The summed E-state index contributed by atoms with van der Waals surface area (Å²) in [6.45, 7) is 9.67. The van der Waals surface area contributed by atoms with Gasteiger partial charge < -0.3 is 24.6 Å². The molecule has 6 atom stereocenters. The van der Waals surface area contributed by atoms with Crippen molar-refractivity contribution in [2.24, 2.45) is 17.8 Å². The number of carbonyl (C=O) groups is 2. The minimum Gasteiger partial charge on any atom is -0.490 e. The van der Waals surface area contributed by atoms with Gasteiger partial charge >= 0.3 is 0 Å². The minimum absolute atomic E-state index is 0.0801. The lowest BCUT2D eigenvalue weighted by atomic mass is 9.63. The number of amides is 2. The van der Waals surface area contributed by atoms with Gasteiger partial charge in [-0.2, -0.15) is 0 Å². The molecule has 2 bridgehead atoms. The van der Waals surface area contributed by atoms with Gasteiger partial charge in [0.25, 0.3) is 5.91 Å². The highest BCUT2D eigenvalue weighted by atomic mass is 35.5. The van der Waals surface area contributed by atoms with Gasteiger partial charge in [-0.1, -0.05) is 54.9 Å². The van der Waals surface area contributed by atoms with E-state index in [4.69, 9.17) is 21.1 Å². The van der Waals surface area contributed by atoms with Crippen molar-refractivity contribution in [3.63, 3.8) is 0 Å². The van der Waals surface area contributed by atoms with Crippen molar-refractivity contribution < 1.29 is 35.9 Å². The van der Waals surface area contributed by atoms with Crippen molar-refractivity contribution in [1.82, 2.24) is 19.8 Å². The highest BCUT2D eigenvalue weighted by Gasteiger charge is 2.50. The lowest BCUT2D eigenvalue weighted by Gasteiger charge is -2.52. The minimum atomic E-state index is -4.04. The number of carbonyl (C=O) groups excluding carboxylic acids is 2. The molecule has 66 heavy (non-hydrogen) atoms. The van der Waals surface area contributed by atoms with Crippen LogP contribution in [-0.4, -0.2) is 128 Å². The van der Waals surface area contributed by atoms with Crippen LogP contribution in [-0.2, 0) is 41.2 Å². The predicted molar refractivity (Wildman–Crippen MR) is 259 cm³/mol. The maximum absolute atomic E-state index is 13.8. The Hall–Kier alpha value is -3.99. The summed E-state index contributed by atoms with van der Waals surface area (Å²) in [6, 6.07) is 19.7. The average molecular weight is 965 g/mol. The first-order valence-corrected chi connectivity index (χ1v) is 27.3. The molecule has 0 unspecified atom stereocenters. The molecule has 2 amide bonds. The number of halogens is 1. The summed E-state index contributed by atoms with van der Waals surface area (Å²) in [7, 11) is -5.85. The van der Waals surface area contributed by atoms with Gasteiger partial charge in [-0.3, -0.25) is 14.5 Å². The normalized spacial score (nSPS) is 29.2. The summed E-state index contributed by atoms with van der Waals surface area (Å²) >= 11 is 6.54. The quantitative estimate of drug-likeness (QED) is 0.258. The number of aryl methyl sites for hydroxylation is 1. The van der Waals surface area contributed by atoms with Gasteiger partial charge in [0, 0.05) is 88.4 Å². The molecule has 0 aromatic heterocycles. The molecule has 3 aliphatic heterocycles. The lowest BCUT2D eigenvalue weighted by Crippen LogP contribution is -2.57. The molecule has 1 saturated heterocycles. The molecule has 0 radical (unpaired) electrons. The monoisotopic (exact) mass is 963 g/mol. The number of anilines is 1. The van der Waals surface area contributed by atoms with Crippen LogP contribution >= 0.6 is 11.6 Å². The maximum Gasteiger partial charge on any atom is 0.264 e. The van der Waals surface area contributed by atoms with E-state index in [2.05, 4.69) is 44.1 Å². The van der Waals surface area contributed by atoms with Gasteiger partial charge in [0.05, 0.1) is 28.2 Å². The van der Waals surface area contributed by atoms with E-state index >= 15 is 0 Å². The molecule has 16 heteroatoms. The smallest absolute Gasteiger partial charge is 0.264 e. The first kappa shape index (κ1) is 48.5. The maximum atomic E-state index is 13.8. The molecule has 3 aromatic rings. The largest absolute Gasteiger partial charge is 0.490 e. The number of benzene rings is 3. The van der Waals surface area contributed by atoms with Crippen molar-refractivity contribution in [3.05, 3.63) is 101 Å². The molecular weight excluding hydrogens is 898 g/mol. The number of nitrogens with one attached hydrogen (secondary N) is 2. The van der Waals surface area contributed by atoms with Crippen LogP contribution in [0.3, 0.4) is 0 Å². The summed E-state index contributed by atoms with van der Waals surface area (Å²) in [6.07, 6.45) is 10.1. The van der Waals surface area contributed by atoms with Crippen LogP contribution in [0, 0.1) is 17.8 Å². The van der Waals surface area contributed by atoms with Crippen LogP contribution in [0.2, 0.25) is 5.02 Å². The van der Waals surface area contributed by atoms with Gasteiger partial charge in [0.1, 0.15) is 11.4 Å². The van der Waals surface area contributed by atoms with E-state index in [-0.39, 0.29) is 51.7 Å². The van der Waals surface area contributed by atoms with Crippen LogP contribution in [0.1, 0.15) is 80.3 Å². The highest BCUT2D eigenvalue weighted by Crippen LogP contribution is 2.49. The molecule has 13 nitrogen and oxygen atoms in total. The van der Waals surface area contributed by atoms with Gasteiger partial charge in [-0.05, 0) is 123 Å². The topological polar surface area (TPSA) is 155 Å². The molecule has 358 valence electrons.